The molecule has 1 aliphatic rings. The fourth-order valence-electron chi connectivity index (χ4n) is 3.97. The van der Waals surface area contributed by atoms with Gasteiger partial charge in [-0.05, 0) is 61.4 Å². The van der Waals surface area contributed by atoms with Gasteiger partial charge in [0.2, 0.25) is 0 Å². The highest BCUT2D eigenvalue weighted by molar-refractivity contribution is 6.04. The summed E-state index contributed by atoms with van der Waals surface area (Å²) < 4.78 is 5.49. The lowest BCUT2D eigenvalue weighted by atomic mass is 10.0. The van der Waals surface area contributed by atoms with E-state index in [-0.39, 0.29) is 17.9 Å². The van der Waals surface area contributed by atoms with E-state index >= 15 is 0 Å². The minimum atomic E-state index is -0.179. The van der Waals surface area contributed by atoms with E-state index in [1.165, 1.54) is 0 Å². The lowest BCUT2D eigenvalue weighted by molar-refractivity contribution is 0.0932. The van der Waals surface area contributed by atoms with Crippen LogP contribution in [-0.2, 0) is 0 Å². The highest BCUT2D eigenvalue weighted by atomic mass is 16.5. The Bertz CT molecular complexity index is 1070. The number of benzene rings is 3. The summed E-state index contributed by atoms with van der Waals surface area (Å²) in [4.78, 5) is 27.3. The molecule has 1 aliphatic heterocycles. The van der Waals surface area contributed by atoms with Crippen LogP contribution in [0.4, 0.5) is 11.4 Å². The first-order valence-electron chi connectivity index (χ1n) is 10.8. The molecule has 2 N–H and O–H groups in total. The summed E-state index contributed by atoms with van der Waals surface area (Å²) in [5, 5.41) is 6.00. The fraction of sp³-hybridized carbons (Fsp3) is 0.231. The molecule has 1 fully saturated rings. The molecule has 32 heavy (non-hydrogen) atoms. The van der Waals surface area contributed by atoms with Gasteiger partial charge in [0, 0.05) is 35.9 Å². The number of hydrogen-bond acceptors (Lipinski definition) is 4. The van der Waals surface area contributed by atoms with Gasteiger partial charge in [0.25, 0.3) is 11.8 Å². The van der Waals surface area contributed by atoms with Crippen LogP contribution in [-0.4, -0.2) is 38.1 Å². The van der Waals surface area contributed by atoms with Crippen molar-refractivity contribution in [1.82, 2.24) is 5.32 Å². The highest BCUT2D eigenvalue weighted by Crippen LogP contribution is 2.30. The normalized spacial score (nSPS) is 15.7. The highest BCUT2D eigenvalue weighted by Gasteiger charge is 2.23. The van der Waals surface area contributed by atoms with Gasteiger partial charge in [-0.25, -0.2) is 0 Å². The van der Waals surface area contributed by atoms with E-state index in [4.69, 9.17) is 4.74 Å². The van der Waals surface area contributed by atoms with Crippen LogP contribution in [0.1, 0.15) is 33.6 Å². The SMILES string of the molecule is COc1ccccc1N1CCCC(NC(=O)c2ccc(NC(=O)c3ccccc3)cc2)C1. The Morgan fingerprint density at radius 3 is 2.31 bits per heavy atom. The van der Waals surface area contributed by atoms with E-state index in [1.54, 1.807) is 43.5 Å². The largest absolute Gasteiger partial charge is 0.495 e. The van der Waals surface area contributed by atoms with E-state index in [2.05, 4.69) is 15.5 Å². The smallest absolute Gasteiger partial charge is 0.255 e. The monoisotopic (exact) mass is 429 g/mol. The van der Waals surface area contributed by atoms with Crippen LogP contribution in [0.15, 0.2) is 78.9 Å². The number of amides is 2. The zero-order chi connectivity index (χ0) is 22.3. The van der Waals surface area contributed by atoms with Crippen LogP contribution in [0.25, 0.3) is 0 Å². The van der Waals surface area contributed by atoms with Gasteiger partial charge in [0.05, 0.1) is 12.8 Å². The molecule has 1 atom stereocenters. The third-order valence-corrected chi connectivity index (χ3v) is 5.62. The number of nitrogens with zero attached hydrogens (tertiary/aromatic N) is 1. The van der Waals surface area contributed by atoms with Gasteiger partial charge < -0.3 is 20.3 Å². The molecule has 0 bridgehead atoms. The number of methoxy groups -OCH3 is 1. The van der Waals surface area contributed by atoms with Crippen molar-refractivity contribution in [3.63, 3.8) is 0 Å². The number of nitrogens with one attached hydrogen (secondary N) is 2. The molecule has 0 aromatic heterocycles. The third kappa shape index (κ3) is 5.09. The van der Waals surface area contributed by atoms with Gasteiger partial charge in [-0.1, -0.05) is 30.3 Å². The Morgan fingerprint density at radius 2 is 1.56 bits per heavy atom. The Balaban J connectivity index is 1.36. The second-order valence-corrected chi connectivity index (χ2v) is 7.83. The zero-order valence-corrected chi connectivity index (χ0v) is 18.1. The predicted octanol–water partition coefficient (Wildman–Crippen LogP) is 4.35. The molecule has 3 aromatic rings. The first kappa shape index (κ1) is 21.4. The van der Waals surface area contributed by atoms with Gasteiger partial charge in [-0.15, -0.1) is 0 Å². The molecule has 0 aliphatic carbocycles. The summed E-state index contributed by atoms with van der Waals surface area (Å²) in [6.45, 7) is 1.67. The van der Waals surface area contributed by atoms with Crippen molar-refractivity contribution in [3.05, 3.63) is 90.0 Å². The molecule has 4 rings (SSSR count). The average Bonchev–Trinajstić information content (AvgIpc) is 2.85. The molecule has 1 heterocycles. The van der Waals surface area contributed by atoms with Gasteiger partial charge in [-0.2, -0.15) is 0 Å². The molecule has 2 amide bonds. The second kappa shape index (κ2) is 10.0. The van der Waals surface area contributed by atoms with Crippen molar-refractivity contribution in [2.24, 2.45) is 0 Å². The summed E-state index contributed by atoms with van der Waals surface area (Å²) in [7, 11) is 1.67. The molecule has 3 aromatic carbocycles. The van der Waals surface area contributed by atoms with Gasteiger partial charge in [-0.3, -0.25) is 9.59 Å². The minimum absolute atomic E-state index is 0.0543. The number of hydrogen-bond donors (Lipinski definition) is 2. The van der Waals surface area contributed by atoms with Gasteiger partial charge in [0.1, 0.15) is 5.75 Å². The average molecular weight is 430 g/mol. The number of rotatable bonds is 6. The molecule has 164 valence electrons. The maximum Gasteiger partial charge on any atom is 0.255 e. The Labute approximate surface area is 188 Å². The number of carbonyl (C=O) groups excluding carboxylic acids is 2. The molecular weight excluding hydrogens is 402 g/mol. The van der Waals surface area contributed by atoms with Crippen LogP contribution in [0, 0.1) is 0 Å². The van der Waals surface area contributed by atoms with Crippen molar-refractivity contribution in [3.8, 4) is 5.75 Å². The fourth-order valence-corrected chi connectivity index (χ4v) is 3.97. The van der Waals surface area contributed by atoms with Gasteiger partial charge in [0.15, 0.2) is 0 Å². The minimum Gasteiger partial charge on any atom is -0.495 e. The van der Waals surface area contributed by atoms with Crippen LogP contribution in [0.3, 0.4) is 0 Å². The number of para-hydroxylation sites is 2. The van der Waals surface area contributed by atoms with E-state index < -0.39 is 0 Å². The zero-order valence-electron chi connectivity index (χ0n) is 18.1. The number of carbonyl (C=O) groups is 2. The number of piperidine rings is 1. The van der Waals surface area contributed by atoms with Crippen LogP contribution < -0.4 is 20.3 Å². The number of ether oxygens (including phenoxy) is 1. The van der Waals surface area contributed by atoms with Crippen molar-refractivity contribution in [1.29, 1.82) is 0 Å². The molecule has 6 heteroatoms. The first-order chi connectivity index (χ1) is 15.6. The van der Waals surface area contributed by atoms with Gasteiger partial charge >= 0.3 is 0 Å². The summed E-state index contributed by atoms with van der Waals surface area (Å²) in [5.41, 5.74) is 2.85. The topological polar surface area (TPSA) is 70.7 Å². The molecular formula is C26H27N3O3. The van der Waals surface area contributed by atoms with E-state index in [0.29, 0.717) is 16.8 Å². The van der Waals surface area contributed by atoms with E-state index in [0.717, 1.165) is 37.4 Å². The maximum absolute atomic E-state index is 12.8. The number of anilines is 2. The molecule has 1 saturated heterocycles. The van der Waals surface area contributed by atoms with Crippen molar-refractivity contribution in [2.75, 3.05) is 30.4 Å². The third-order valence-electron chi connectivity index (χ3n) is 5.62. The maximum atomic E-state index is 12.8. The second-order valence-electron chi connectivity index (χ2n) is 7.83. The van der Waals surface area contributed by atoms with E-state index in [9.17, 15) is 9.59 Å². The summed E-state index contributed by atoms with van der Waals surface area (Å²) in [6, 6.07) is 24.0. The Morgan fingerprint density at radius 1 is 0.875 bits per heavy atom. The molecule has 0 spiro atoms. The molecule has 6 nitrogen and oxygen atoms in total. The molecule has 0 saturated carbocycles. The van der Waals surface area contributed by atoms with Crippen LogP contribution >= 0.6 is 0 Å². The lowest BCUT2D eigenvalue weighted by Crippen LogP contribution is -2.47. The molecule has 0 radical (unpaired) electrons. The Kier molecular flexibility index (Phi) is 6.70. The summed E-state index contributed by atoms with van der Waals surface area (Å²) in [6.07, 6.45) is 1.93. The van der Waals surface area contributed by atoms with Crippen LogP contribution in [0.5, 0.6) is 5.75 Å². The van der Waals surface area contributed by atoms with Crippen molar-refractivity contribution < 1.29 is 14.3 Å². The first-order valence-corrected chi connectivity index (χ1v) is 10.8. The summed E-state index contributed by atoms with van der Waals surface area (Å²) in [5.74, 6) is 0.548. The van der Waals surface area contributed by atoms with Crippen molar-refractivity contribution >= 4 is 23.2 Å². The Hall–Kier alpha value is -3.80. The molecule has 1 unspecified atom stereocenters. The standard InChI is InChI=1S/C26H27N3O3/c1-32-24-12-6-5-11-23(24)29-17-7-10-22(18-29)28-26(31)20-13-15-21(16-14-20)27-25(30)19-8-3-2-4-9-19/h2-6,8-9,11-16,22H,7,10,17-18H2,1H3,(H,27,30)(H,28,31). The quantitative estimate of drug-likeness (QED) is 0.611. The summed E-state index contributed by atoms with van der Waals surface area (Å²) >= 11 is 0. The van der Waals surface area contributed by atoms with Crippen LogP contribution in [0.2, 0.25) is 0 Å². The predicted molar refractivity (Wildman–Crippen MR) is 127 cm³/mol. The lowest BCUT2D eigenvalue weighted by Gasteiger charge is -2.35. The van der Waals surface area contributed by atoms with Crippen molar-refractivity contribution in [2.45, 2.75) is 18.9 Å². The van der Waals surface area contributed by atoms with E-state index in [1.807, 2.05) is 42.5 Å².